The van der Waals surface area contributed by atoms with Gasteiger partial charge in [-0.25, -0.2) is 0 Å². The van der Waals surface area contributed by atoms with Crippen molar-refractivity contribution in [2.45, 2.75) is 45.1 Å². The molecule has 0 atom stereocenters. The SMILES string of the molecule is CNC(=O)Cn1cc(NCC2CCCCCC2)cn1. The number of nitrogens with one attached hydrogen (secondary N) is 2. The van der Waals surface area contributed by atoms with Crippen LogP contribution in [0.25, 0.3) is 0 Å². The molecule has 1 amide bonds. The first-order valence-corrected chi connectivity index (χ1v) is 7.25. The lowest BCUT2D eigenvalue weighted by Crippen LogP contribution is -2.23. The molecule has 0 aliphatic heterocycles. The summed E-state index contributed by atoms with van der Waals surface area (Å²) >= 11 is 0. The number of carbonyl (C=O) groups is 1. The Kier molecular flexibility index (Phi) is 5.24. The van der Waals surface area contributed by atoms with Gasteiger partial charge in [-0.15, -0.1) is 0 Å². The van der Waals surface area contributed by atoms with Crippen LogP contribution >= 0.6 is 0 Å². The Labute approximate surface area is 114 Å². The maximum Gasteiger partial charge on any atom is 0.241 e. The third-order valence-electron chi connectivity index (χ3n) is 3.79. The standard InChI is InChI=1S/C14H24N4O/c1-15-14(19)11-18-10-13(9-17-18)16-8-12-6-4-2-3-5-7-12/h9-10,12,16H,2-8,11H2,1H3,(H,15,19). The van der Waals surface area contributed by atoms with E-state index in [-0.39, 0.29) is 12.5 Å². The maximum absolute atomic E-state index is 11.2. The highest BCUT2D eigenvalue weighted by Crippen LogP contribution is 2.23. The number of hydrogen-bond donors (Lipinski definition) is 2. The monoisotopic (exact) mass is 264 g/mol. The van der Waals surface area contributed by atoms with Gasteiger partial charge in [0.2, 0.25) is 5.91 Å². The maximum atomic E-state index is 11.2. The van der Waals surface area contributed by atoms with Crippen molar-refractivity contribution in [3.05, 3.63) is 12.4 Å². The van der Waals surface area contributed by atoms with Crippen LogP contribution in [0.15, 0.2) is 12.4 Å². The van der Waals surface area contributed by atoms with Crippen LogP contribution in [0.1, 0.15) is 38.5 Å². The Bertz CT molecular complexity index is 394. The number of aromatic nitrogens is 2. The molecule has 1 aliphatic rings. The number of hydrogen-bond acceptors (Lipinski definition) is 3. The van der Waals surface area contributed by atoms with E-state index >= 15 is 0 Å². The Morgan fingerprint density at radius 1 is 1.37 bits per heavy atom. The second-order valence-corrected chi connectivity index (χ2v) is 5.34. The fourth-order valence-electron chi connectivity index (χ4n) is 2.60. The highest BCUT2D eigenvalue weighted by Gasteiger charge is 2.12. The number of amides is 1. The highest BCUT2D eigenvalue weighted by atomic mass is 16.1. The van der Waals surface area contributed by atoms with E-state index in [2.05, 4.69) is 15.7 Å². The van der Waals surface area contributed by atoms with Gasteiger partial charge in [-0.05, 0) is 18.8 Å². The zero-order valence-corrected chi connectivity index (χ0v) is 11.7. The fraction of sp³-hybridized carbons (Fsp3) is 0.714. The summed E-state index contributed by atoms with van der Waals surface area (Å²) in [6.45, 7) is 1.30. The van der Waals surface area contributed by atoms with Crippen LogP contribution in [-0.4, -0.2) is 29.3 Å². The van der Waals surface area contributed by atoms with E-state index in [9.17, 15) is 4.79 Å². The van der Waals surface area contributed by atoms with Gasteiger partial charge in [0.05, 0.1) is 11.9 Å². The predicted molar refractivity (Wildman–Crippen MR) is 76.0 cm³/mol. The second-order valence-electron chi connectivity index (χ2n) is 5.34. The van der Waals surface area contributed by atoms with Crippen LogP contribution < -0.4 is 10.6 Å². The summed E-state index contributed by atoms with van der Waals surface area (Å²) in [6, 6.07) is 0. The molecule has 5 nitrogen and oxygen atoms in total. The molecule has 0 spiro atoms. The average Bonchev–Trinajstić information content (AvgIpc) is 2.70. The Morgan fingerprint density at radius 2 is 2.11 bits per heavy atom. The Balaban J connectivity index is 1.77. The molecule has 0 aromatic carbocycles. The second kappa shape index (κ2) is 7.16. The summed E-state index contributed by atoms with van der Waals surface area (Å²) in [5.74, 6) is 0.753. The summed E-state index contributed by atoms with van der Waals surface area (Å²) in [4.78, 5) is 11.2. The van der Waals surface area contributed by atoms with Crippen molar-refractivity contribution in [3.8, 4) is 0 Å². The van der Waals surface area contributed by atoms with Crippen LogP contribution in [0.4, 0.5) is 5.69 Å². The van der Waals surface area contributed by atoms with E-state index in [1.807, 2.05) is 6.20 Å². The normalized spacial score (nSPS) is 16.9. The zero-order chi connectivity index (χ0) is 13.5. The molecule has 106 valence electrons. The molecule has 0 unspecified atom stereocenters. The lowest BCUT2D eigenvalue weighted by atomic mass is 10.0. The van der Waals surface area contributed by atoms with Crippen molar-refractivity contribution in [2.24, 2.45) is 5.92 Å². The number of nitrogens with zero attached hydrogens (tertiary/aromatic N) is 2. The molecule has 1 aliphatic carbocycles. The third-order valence-corrected chi connectivity index (χ3v) is 3.79. The Morgan fingerprint density at radius 3 is 2.79 bits per heavy atom. The van der Waals surface area contributed by atoms with Gasteiger partial charge in [0.1, 0.15) is 6.54 Å². The van der Waals surface area contributed by atoms with Crippen LogP contribution in [0, 0.1) is 5.92 Å². The van der Waals surface area contributed by atoms with Crippen molar-refractivity contribution in [1.82, 2.24) is 15.1 Å². The summed E-state index contributed by atoms with van der Waals surface area (Å²) in [5, 5.41) is 10.2. The largest absolute Gasteiger partial charge is 0.382 e. The predicted octanol–water partition coefficient (Wildman–Crippen LogP) is 2.01. The van der Waals surface area contributed by atoms with E-state index in [0.29, 0.717) is 0 Å². The van der Waals surface area contributed by atoms with Crippen molar-refractivity contribution >= 4 is 11.6 Å². The fourth-order valence-corrected chi connectivity index (χ4v) is 2.60. The van der Waals surface area contributed by atoms with Gasteiger partial charge in [-0.3, -0.25) is 9.48 Å². The zero-order valence-electron chi connectivity index (χ0n) is 11.7. The first-order chi connectivity index (χ1) is 9.28. The molecule has 2 N–H and O–H groups in total. The summed E-state index contributed by atoms with van der Waals surface area (Å²) < 4.78 is 1.66. The average molecular weight is 264 g/mol. The molecular weight excluding hydrogens is 240 g/mol. The summed E-state index contributed by atoms with van der Waals surface area (Å²) in [7, 11) is 1.64. The minimum Gasteiger partial charge on any atom is -0.382 e. The summed E-state index contributed by atoms with van der Waals surface area (Å²) in [5.41, 5.74) is 1.01. The van der Waals surface area contributed by atoms with Gasteiger partial charge in [-0.1, -0.05) is 25.7 Å². The molecule has 1 saturated carbocycles. The number of carbonyl (C=O) groups excluding carboxylic acids is 1. The molecular formula is C14H24N4O. The molecule has 1 heterocycles. The van der Waals surface area contributed by atoms with E-state index in [0.717, 1.165) is 18.2 Å². The van der Waals surface area contributed by atoms with E-state index in [4.69, 9.17) is 0 Å². The van der Waals surface area contributed by atoms with Gasteiger partial charge in [0.15, 0.2) is 0 Å². The minimum absolute atomic E-state index is 0.0292. The van der Waals surface area contributed by atoms with Crippen LogP contribution in [0.2, 0.25) is 0 Å². The van der Waals surface area contributed by atoms with E-state index in [1.165, 1.54) is 38.5 Å². The molecule has 0 radical (unpaired) electrons. The van der Waals surface area contributed by atoms with Crippen molar-refractivity contribution in [2.75, 3.05) is 18.9 Å². The van der Waals surface area contributed by atoms with E-state index in [1.54, 1.807) is 17.9 Å². The minimum atomic E-state index is -0.0292. The number of anilines is 1. The van der Waals surface area contributed by atoms with Gasteiger partial charge in [0, 0.05) is 19.8 Å². The van der Waals surface area contributed by atoms with Crippen LogP contribution in [-0.2, 0) is 11.3 Å². The number of rotatable bonds is 5. The molecule has 19 heavy (non-hydrogen) atoms. The lowest BCUT2D eigenvalue weighted by molar-refractivity contribution is -0.121. The van der Waals surface area contributed by atoms with E-state index < -0.39 is 0 Å². The molecule has 0 saturated heterocycles. The van der Waals surface area contributed by atoms with Gasteiger partial charge in [0.25, 0.3) is 0 Å². The highest BCUT2D eigenvalue weighted by molar-refractivity contribution is 5.75. The molecule has 1 fully saturated rings. The van der Waals surface area contributed by atoms with Crippen molar-refractivity contribution in [3.63, 3.8) is 0 Å². The Hall–Kier alpha value is -1.52. The summed E-state index contributed by atoms with van der Waals surface area (Å²) in [6.07, 6.45) is 11.9. The van der Waals surface area contributed by atoms with Crippen LogP contribution in [0.3, 0.4) is 0 Å². The van der Waals surface area contributed by atoms with Crippen molar-refractivity contribution in [1.29, 1.82) is 0 Å². The molecule has 2 rings (SSSR count). The first-order valence-electron chi connectivity index (χ1n) is 7.25. The molecule has 1 aromatic rings. The van der Waals surface area contributed by atoms with Crippen molar-refractivity contribution < 1.29 is 4.79 Å². The number of likely N-dealkylation sites (N-methyl/N-ethyl adjacent to an activating group) is 1. The third kappa shape index (κ3) is 4.58. The van der Waals surface area contributed by atoms with Gasteiger partial charge >= 0.3 is 0 Å². The van der Waals surface area contributed by atoms with Gasteiger partial charge in [-0.2, -0.15) is 5.10 Å². The molecule has 5 heteroatoms. The molecule has 0 bridgehead atoms. The lowest BCUT2D eigenvalue weighted by Gasteiger charge is -2.14. The topological polar surface area (TPSA) is 59.0 Å². The van der Waals surface area contributed by atoms with Gasteiger partial charge < -0.3 is 10.6 Å². The quantitative estimate of drug-likeness (QED) is 0.800. The van der Waals surface area contributed by atoms with Crippen LogP contribution in [0.5, 0.6) is 0 Å². The molecule has 1 aromatic heterocycles. The smallest absolute Gasteiger partial charge is 0.241 e. The first kappa shape index (κ1) is 13.9.